The lowest BCUT2D eigenvalue weighted by atomic mass is 9.94. The van der Waals surface area contributed by atoms with Crippen molar-refractivity contribution in [3.63, 3.8) is 0 Å². The van der Waals surface area contributed by atoms with E-state index in [-0.39, 0.29) is 17.6 Å². The third-order valence-corrected chi connectivity index (χ3v) is 3.23. The smallest absolute Gasteiger partial charge is 0.255 e. The molecule has 0 aromatic heterocycles. The van der Waals surface area contributed by atoms with Gasteiger partial charge < -0.3 is 10.1 Å². The largest absolute Gasteiger partial charge is 0.485 e. The van der Waals surface area contributed by atoms with E-state index in [2.05, 4.69) is 12.2 Å². The summed E-state index contributed by atoms with van der Waals surface area (Å²) in [5, 5.41) is 3.06. The summed E-state index contributed by atoms with van der Waals surface area (Å²) in [5.41, 5.74) is 0.248. The first kappa shape index (κ1) is 12.0. The first-order chi connectivity index (χ1) is 8.04. The lowest BCUT2D eigenvalue weighted by Gasteiger charge is -2.32. The van der Waals surface area contributed by atoms with Gasteiger partial charge in [0.15, 0.2) is 0 Å². The predicted octanol–water partition coefficient (Wildman–Crippen LogP) is 2.76. The number of carbonyl (C=O) groups excluding carboxylic acids is 1. The molecule has 1 aromatic rings. The standard InChI is InChI=1S/C14H19NO2/c1-4-7-12-14(2,3)17-11-9-6-5-8-10(11)13(16)15-12/h5-6,8-9,12H,4,7H2,1-3H3,(H,15,16). The fourth-order valence-corrected chi connectivity index (χ4v) is 2.22. The van der Waals surface area contributed by atoms with Crippen LogP contribution in [0.25, 0.3) is 0 Å². The minimum absolute atomic E-state index is 0.0374. The van der Waals surface area contributed by atoms with Crippen LogP contribution in [-0.2, 0) is 0 Å². The van der Waals surface area contributed by atoms with Crippen LogP contribution in [0.5, 0.6) is 5.75 Å². The molecule has 0 fully saturated rings. The molecule has 1 heterocycles. The van der Waals surface area contributed by atoms with Gasteiger partial charge in [-0.25, -0.2) is 0 Å². The Morgan fingerprint density at radius 3 is 2.76 bits per heavy atom. The Morgan fingerprint density at radius 1 is 1.35 bits per heavy atom. The highest BCUT2D eigenvalue weighted by molar-refractivity contribution is 5.97. The van der Waals surface area contributed by atoms with E-state index in [9.17, 15) is 4.79 Å². The fourth-order valence-electron chi connectivity index (χ4n) is 2.22. The third-order valence-electron chi connectivity index (χ3n) is 3.23. The molecule has 1 atom stereocenters. The Hall–Kier alpha value is -1.51. The Bertz CT molecular complexity index is 426. The van der Waals surface area contributed by atoms with Gasteiger partial charge >= 0.3 is 0 Å². The molecule has 1 N–H and O–H groups in total. The molecule has 1 unspecified atom stereocenters. The van der Waals surface area contributed by atoms with Crippen LogP contribution >= 0.6 is 0 Å². The molecule has 1 aliphatic heterocycles. The van der Waals surface area contributed by atoms with E-state index in [0.29, 0.717) is 11.3 Å². The molecule has 92 valence electrons. The van der Waals surface area contributed by atoms with Gasteiger partial charge in [-0.2, -0.15) is 0 Å². The Balaban J connectivity index is 2.38. The average Bonchev–Trinajstić information content (AvgIpc) is 2.36. The summed E-state index contributed by atoms with van der Waals surface area (Å²) in [6.07, 6.45) is 1.95. The molecular formula is C14H19NO2. The summed E-state index contributed by atoms with van der Waals surface area (Å²) in [4.78, 5) is 12.1. The molecule has 1 amide bonds. The molecule has 3 heteroatoms. The van der Waals surface area contributed by atoms with Crippen molar-refractivity contribution in [1.29, 1.82) is 0 Å². The van der Waals surface area contributed by atoms with Crippen molar-refractivity contribution in [2.24, 2.45) is 0 Å². The normalized spacial score (nSPS) is 22.1. The lowest BCUT2D eigenvalue weighted by molar-refractivity contribution is 0.0624. The molecule has 0 saturated heterocycles. The quantitative estimate of drug-likeness (QED) is 0.853. The van der Waals surface area contributed by atoms with E-state index in [1.807, 2.05) is 32.0 Å². The van der Waals surface area contributed by atoms with Crippen LogP contribution in [0, 0.1) is 0 Å². The molecule has 0 saturated carbocycles. The molecule has 0 radical (unpaired) electrons. The number of hydrogen-bond acceptors (Lipinski definition) is 2. The number of benzene rings is 1. The minimum atomic E-state index is -0.377. The van der Waals surface area contributed by atoms with Crippen molar-refractivity contribution in [2.75, 3.05) is 0 Å². The topological polar surface area (TPSA) is 38.3 Å². The van der Waals surface area contributed by atoms with E-state index >= 15 is 0 Å². The van der Waals surface area contributed by atoms with Gasteiger partial charge in [0.25, 0.3) is 5.91 Å². The van der Waals surface area contributed by atoms with Crippen LogP contribution < -0.4 is 10.1 Å². The van der Waals surface area contributed by atoms with Crippen LogP contribution in [0.2, 0.25) is 0 Å². The van der Waals surface area contributed by atoms with Gasteiger partial charge in [0.2, 0.25) is 0 Å². The van der Waals surface area contributed by atoms with Crippen LogP contribution in [0.1, 0.15) is 44.0 Å². The van der Waals surface area contributed by atoms with Crippen LogP contribution in [-0.4, -0.2) is 17.6 Å². The van der Waals surface area contributed by atoms with Gasteiger partial charge in [-0.1, -0.05) is 25.5 Å². The summed E-state index contributed by atoms with van der Waals surface area (Å²) < 4.78 is 6.00. The zero-order chi connectivity index (χ0) is 12.5. The Morgan fingerprint density at radius 2 is 2.06 bits per heavy atom. The summed E-state index contributed by atoms with van der Waals surface area (Å²) in [7, 11) is 0. The summed E-state index contributed by atoms with van der Waals surface area (Å²) in [5.74, 6) is 0.637. The van der Waals surface area contributed by atoms with Crippen molar-refractivity contribution in [1.82, 2.24) is 5.32 Å². The zero-order valence-electron chi connectivity index (χ0n) is 10.6. The second-order valence-corrected chi connectivity index (χ2v) is 5.02. The molecule has 1 aliphatic rings. The SMILES string of the molecule is CCCC1NC(=O)c2ccccc2OC1(C)C. The summed E-state index contributed by atoms with van der Waals surface area (Å²) >= 11 is 0. The van der Waals surface area contributed by atoms with Gasteiger partial charge in [0, 0.05) is 0 Å². The van der Waals surface area contributed by atoms with Gasteiger partial charge in [-0.05, 0) is 32.4 Å². The van der Waals surface area contributed by atoms with Crippen molar-refractivity contribution >= 4 is 5.91 Å². The maximum absolute atomic E-state index is 12.1. The minimum Gasteiger partial charge on any atom is -0.485 e. The van der Waals surface area contributed by atoms with Crippen molar-refractivity contribution < 1.29 is 9.53 Å². The number of hydrogen-bond donors (Lipinski definition) is 1. The fraction of sp³-hybridized carbons (Fsp3) is 0.500. The van der Waals surface area contributed by atoms with Crippen LogP contribution in [0.3, 0.4) is 0 Å². The maximum atomic E-state index is 12.1. The second kappa shape index (κ2) is 4.40. The van der Waals surface area contributed by atoms with Crippen LogP contribution in [0.4, 0.5) is 0 Å². The Kier molecular flexibility index (Phi) is 3.09. The van der Waals surface area contributed by atoms with Gasteiger partial charge in [-0.3, -0.25) is 4.79 Å². The van der Waals surface area contributed by atoms with E-state index in [1.54, 1.807) is 6.07 Å². The molecule has 0 spiro atoms. The number of ether oxygens (including phenoxy) is 1. The molecule has 17 heavy (non-hydrogen) atoms. The van der Waals surface area contributed by atoms with Gasteiger partial charge in [0.05, 0.1) is 11.6 Å². The number of para-hydroxylation sites is 1. The molecule has 0 aliphatic carbocycles. The maximum Gasteiger partial charge on any atom is 0.255 e. The van der Waals surface area contributed by atoms with E-state index < -0.39 is 0 Å². The summed E-state index contributed by atoms with van der Waals surface area (Å²) in [6.45, 7) is 6.16. The van der Waals surface area contributed by atoms with E-state index in [0.717, 1.165) is 12.8 Å². The number of nitrogens with one attached hydrogen (secondary N) is 1. The second-order valence-electron chi connectivity index (χ2n) is 5.02. The molecule has 0 bridgehead atoms. The molecule has 3 nitrogen and oxygen atoms in total. The van der Waals surface area contributed by atoms with Crippen LogP contribution in [0.15, 0.2) is 24.3 Å². The Labute approximate surface area is 102 Å². The number of amides is 1. The highest BCUT2D eigenvalue weighted by Crippen LogP contribution is 2.29. The molecule has 1 aromatic carbocycles. The van der Waals surface area contributed by atoms with E-state index in [4.69, 9.17) is 4.74 Å². The van der Waals surface area contributed by atoms with Gasteiger partial charge in [-0.15, -0.1) is 0 Å². The lowest BCUT2D eigenvalue weighted by Crippen LogP contribution is -2.50. The predicted molar refractivity (Wildman–Crippen MR) is 67.3 cm³/mol. The van der Waals surface area contributed by atoms with Crippen molar-refractivity contribution in [3.8, 4) is 5.75 Å². The average molecular weight is 233 g/mol. The van der Waals surface area contributed by atoms with E-state index in [1.165, 1.54) is 0 Å². The molecule has 2 rings (SSSR count). The number of rotatable bonds is 2. The number of carbonyl (C=O) groups is 1. The van der Waals surface area contributed by atoms with Crippen molar-refractivity contribution in [3.05, 3.63) is 29.8 Å². The van der Waals surface area contributed by atoms with Crippen molar-refractivity contribution in [2.45, 2.75) is 45.3 Å². The highest BCUT2D eigenvalue weighted by atomic mass is 16.5. The van der Waals surface area contributed by atoms with Gasteiger partial charge in [0.1, 0.15) is 11.4 Å². The first-order valence-electron chi connectivity index (χ1n) is 6.13. The zero-order valence-corrected chi connectivity index (χ0v) is 10.6. The third kappa shape index (κ3) is 2.28. The highest BCUT2D eigenvalue weighted by Gasteiger charge is 2.36. The number of fused-ring (bicyclic) bond motifs is 1. The summed E-state index contributed by atoms with van der Waals surface area (Å²) in [6, 6.07) is 7.45. The molecular weight excluding hydrogens is 214 g/mol. The first-order valence-corrected chi connectivity index (χ1v) is 6.13. The monoisotopic (exact) mass is 233 g/mol.